The highest BCUT2D eigenvalue weighted by molar-refractivity contribution is 7.97. The first-order valence-electron chi connectivity index (χ1n) is 48.0. The van der Waals surface area contributed by atoms with Crippen molar-refractivity contribution < 1.29 is 128 Å². The second-order valence-electron chi connectivity index (χ2n) is 37.9. The zero-order chi connectivity index (χ0) is 104. The molecule has 4 bridgehead atoms. The third kappa shape index (κ3) is 27.0. The van der Waals surface area contributed by atoms with Crippen molar-refractivity contribution in [2.45, 2.75) is 275 Å². The summed E-state index contributed by atoms with van der Waals surface area (Å²) in [5.41, 5.74) is 3.08. The number of halogens is 14. The van der Waals surface area contributed by atoms with E-state index in [1.165, 1.54) is 122 Å². The molecule has 3 unspecified atom stereocenters. The fourth-order valence-corrected chi connectivity index (χ4v) is 31.0. The van der Waals surface area contributed by atoms with Gasteiger partial charge >= 0.3 is 33.8 Å². The number of benzene rings is 10. The number of ether oxygens (including phenoxy) is 3. The highest BCUT2D eigenvalue weighted by atomic mass is 32.2. The van der Waals surface area contributed by atoms with Gasteiger partial charge in [0.1, 0.15) is 39.1 Å². The molecule has 8 aliphatic carbocycles. The van der Waals surface area contributed by atoms with Crippen molar-refractivity contribution in [2.24, 2.45) is 35.0 Å². The number of aryl methyl sites for hydroxylation is 1. The molecule has 0 N–H and O–H groups in total. The lowest BCUT2D eigenvalue weighted by Gasteiger charge is -2.55. The predicted molar refractivity (Wildman–Crippen MR) is 520 cm³/mol. The van der Waals surface area contributed by atoms with Crippen molar-refractivity contribution in [1.82, 2.24) is 4.31 Å². The fourth-order valence-electron chi connectivity index (χ4n) is 21.3. The number of esters is 1. The second-order valence-corrected chi connectivity index (χ2v) is 50.2. The van der Waals surface area contributed by atoms with E-state index in [0.29, 0.717) is 18.8 Å². The van der Waals surface area contributed by atoms with Crippen molar-refractivity contribution >= 4 is 79.0 Å². The average molecular weight is 2150 g/mol. The normalized spacial score (nSPS) is 20.7. The Morgan fingerprint density at radius 2 is 0.701 bits per heavy atom. The number of carbonyl (C=O) groups excluding carboxylic acids is 1. The number of hydrogen-bond acceptors (Lipinski definition) is 15. The predicted octanol–water partition coefficient (Wildman–Crippen LogP) is 26.8. The SMILES string of the molecule is COc1ccc([S+](c2ccc(C)cc2)c2ccc(OC)cc2)cc1.Fc1ccc([S+](c2ccc(F)cc2)c2ccc(F)cc2)cc1.O=C(OC(C(F)(F)F)C(F)(F)S(=O)(=O)[O-])C12CC3CC(CC(C3)C1)C2.O=S(=O)([O-])C(F)(F)C(F)(F)C(F)(F)S(=O)(=O)N1CCC2CCCCC2C1.O=S(=O)([O-])c1c(C2CCCCC2)cc(C2CCCCC2)cc1C1CCCCC1.c1ccc([S+](c2ccccc2)c2ccccc2)cc1. The summed E-state index contributed by atoms with van der Waals surface area (Å²) in [5.74, 6) is -6.53. The summed E-state index contributed by atoms with van der Waals surface area (Å²) in [6.45, 7) is 0.988. The van der Waals surface area contributed by atoms with Crippen LogP contribution in [0, 0.1) is 59.4 Å². The van der Waals surface area contributed by atoms with Crippen LogP contribution in [0.4, 0.5) is 61.5 Å². The van der Waals surface area contributed by atoms with E-state index in [1.807, 2.05) is 24.3 Å². The van der Waals surface area contributed by atoms with Crippen LogP contribution in [0.5, 0.6) is 11.5 Å². The molecule has 8 saturated carbocycles. The molecule has 10 aromatic rings. The highest BCUT2D eigenvalue weighted by Crippen LogP contribution is 2.62. The van der Waals surface area contributed by atoms with Gasteiger partial charge in [0, 0.05) is 13.1 Å². The zero-order valence-corrected chi connectivity index (χ0v) is 85.1. The highest BCUT2D eigenvalue weighted by Gasteiger charge is 2.81. The molecule has 16 nitrogen and oxygen atoms in total. The molecule has 37 heteroatoms. The molecule has 9 fully saturated rings. The Kier molecular flexibility index (Phi) is 37.5. The van der Waals surface area contributed by atoms with E-state index in [9.17, 15) is 114 Å². The lowest BCUT2D eigenvalue weighted by Crippen LogP contribution is -2.64. The number of sulfonamides is 1. The largest absolute Gasteiger partial charge is 0.744 e. The minimum atomic E-state index is -7.25. The molecule has 19 rings (SSSR count). The fraction of sp³-hybridized carbons (Fsp3) is 0.430. The van der Waals surface area contributed by atoms with Gasteiger partial charge in [-0.2, -0.15) is 52.6 Å². The maximum absolute atomic E-state index is 14.0. The van der Waals surface area contributed by atoms with Crippen molar-refractivity contribution in [3.05, 3.63) is 288 Å². The maximum Gasteiger partial charge on any atom is 0.432 e. The molecule has 1 saturated heterocycles. The molecule has 778 valence electrons. The molecular weight excluding hydrogens is 2030 g/mol. The standard InChI is InChI=1S/C24H36O3S.C21H21O2S.C18H12F3S.C18H15S.C14H17F5O5S.C12H17F6NO5S2/c25-28(26,27)24-22(19-12-6-2-7-13-19)16-21(18-10-4-1-5-11-18)17-23(24)20-14-8-3-9-15-20;1-16-4-10-19(11-5-16)24(20-12-6-17(22-2)7-13-20)21-14-8-18(23-3)9-15-21;19-13-1-7-16(8-2-13)22(17-9-3-14(20)4-10-17)18-11-5-15(21)6-12-18;1-4-10-16(11-5-1)19(17-12-6-2-7-13-17)18-14-8-3-9-15-18;15-13(16,17)10(14(18,19)25(21,22)23)24-11(20)12-4-7-1-8(5-12)3-9(2-7)6-12;13-10(14,12(17,18)26(22,23)24)11(15,16)25(20,21)19-6-5-8-3-1-2-4-9(8)7-19/h16-20H,1-15H2,(H,25,26,27);4-15H,1-3H3;1-12H;1-15H;7-10H,1-6H2,(H,21,22,23);8-9H,1-7H2,(H,22,23,24)/q;3*+1;;/p-3. The van der Waals surface area contributed by atoms with Gasteiger partial charge in [-0.15, -0.1) is 0 Å². The lowest BCUT2D eigenvalue weighted by molar-refractivity contribution is -0.266. The summed E-state index contributed by atoms with van der Waals surface area (Å²) in [6, 6.07) is 80.4. The van der Waals surface area contributed by atoms with Gasteiger partial charge in [-0.3, -0.25) is 4.79 Å². The van der Waals surface area contributed by atoms with Gasteiger partial charge in [0.15, 0.2) is 64.3 Å². The van der Waals surface area contributed by atoms with Crippen LogP contribution in [0.25, 0.3) is 0 Å². The molecule has 1 aliphatic heterocycles. The van der Waals surface area contributed by atoms with Crippen LogP contribution < -0.4 is 9.47 Å². The van der Waals surface area contributed by atoms with E-state index >= 15 is 0 Å². The molecule has 0 radical (unpaired) electrons. The second kappa shape index (κ2) is 48.1. The number of nitrogens with zero attached hydrogens (tertiary/aromatic N) is 1. The number of piperidine rings is 1. The summed E-state index contributed by atoms with van der Waals surface area (Å²) in [7, 11) is -22.0. The quantitative estimate of drug-likeness (QED) is 0.0236. The number of alkyl halides is 11. The van der Waals surface area contributed by atoms with E-state index in [2.05, 4.69) is 163 Å². The summed E-state index contributed by atoms with van der Waals surface area (Å²) in [5, 5.41) is -19.1. The Morgan fingerprint density at radius 3 is 1.02 bits per heavy atom. The van der Waals surface area contributed by atoms with Gasteiger partial charge in [-0.25, -0.2) is 46.8 Å². The Bertz CT molecular complexity index is 6040. The summed E-state index contributed by atoms with van der Waals surface area (Å²) in [6.07, 6.45) is 13.4. The molecule has 0 aromatic heterocycles. The van der Waals surface area contributed by atoms with Crippen molar-refractivity contribution in [2.75, 3.05) is 27.3 Å². The van der Waals surface area contributed by atoms with Crippen LogP contribution in [0.3, 0.4) is 0 Å². The number of methoxy groups -OCH3 is 2. The van der Waals surface area contributed by atoms with Crippen LogP contribution in [-0.4, -0.2) is 119 Å². The van der Waals surface area contributed by atoms with Gasteiger partial charge in [-0.05, 0) is 331 Å². The third-order valence-electron chi connectivity index (χ3n) is 28.1. The van der Waals surface area contributed by atoms with Gasteiger partial charge in [0.05, 0.1) is 57.2 Å². The summed E-state index contributed by atoms with van der Waals surface area (Å²) < 4.78 is 325. The van der Waals surface area contributed by atoms with Gasteiger partial charge in [0.25, 0.3) is 16.1 Å². The molecule has 3 atom stereocenters. The molecule has 0 amide bonds. The maximum atomic E-state index is 14.0. The first kappa shape index (κ1) is 112. The van der Waals surface area contributed by atoms with Gasteiger partial charge in [0.2, 0.25) is 0 Å². The van der Waals surface area contributed by atoms with Crippen molar-refractivity contribution in [3.8, 4) is 11.5 Å². The van der Waals surface area contributed by atoms with E-state index in [4.69, 9.17) is 9.47 Å². The van der Waals surface area contributed by atoms with Gasteiger partial charge < -0.3 is 27.9 Å². The molecular formula is C107H115F14NO15S7. The van der Waals surface area contributed by atoms with Crippen molar-refractivity contribution in [1.29, 1.82) is 0 Å². The van der Waals surface area contributed by atoms with Crippen molar-refractivity contribution in [3.63, 3.8) is 0 Å². The monoisotopic (exact) mass is 2140 g/mol. The van der Waals surface area contributed by atoms with Crippen LogP contribution in [0.1, 0.15) is 207 Å². The lowest BCUT2D eigenvalue weighted by atomic mass is 9.49. The Morgan fingerprint density at radius 1 is 0.389 bits per heavy atom. The number of carbonyl (C=O) groups is 1. The van der Waals surface area contributed by atoms with Crippen LogP contribution in [0.2, 0.25) is 0 Å². The third-order valence-corrected chi connectivity index (χ3v) is 39.5. The molecule has 10 aromatic carbocycles. The van der Waals surface area contributed by atoms with E-state index in [-0.39, 0.29) is 116 Å². The first-order valence-corrected chi connectivity index (χ1v) is 57.3. The Hall–Kier alpha value is -9.02. The van der Waals surface area contributed by atoms with Crippen LogP contribution in [0.15, 0.2) is 298 Å². The van der Waals surface area contributed by atoms with Gasteiger partial charge in [-0.1, -0.05) is 161 Å². The van der Waals surface area contributed by atoms with E-state index in [0.717, 1.165) is 121 Å². The Labute approximate surface area is 842 Å². The number of fused-ring (bicyclic) bond motifs is 1. The minimum absolute atomic E-state index is 0.0130. The molecule has 1 heterocycles. The minimum Gasteiger partial charge on any atom is -0.744 e. The summed E-state index contributed by atoms with van der Waals surface area (Å²) >= 11 is 0. The average Bonchev–Trinajstić information content (AvgIpc) is 0.731. The molecule has 0 spiro atoms. The molecule has 144 heavy (non-hydrogen) atoms. The van der Waals surface area contributed by atoms with Crippen LogP contribution >= 0.6 is 0 Å². The van der Waals surface area contributed by atoms with E-state index in [1.54, 1.807) is 50.6 Å². The smallest absolute Gasteiger partial charge is 0.432 e. The summed E-state index contributed by atoms with van der Waals surface area (Å²) in [4.78, 5) is 23.1. The Balaban J connectivity index is 0.000000145. The number of rotatable bonds is 24. The topological polar surface area (TPSA) is 254 Å². The van der Waals surface area contributed by atoms with E-state index < -0.39 is 110 Å². The number of hydrogen-bond donors (Lipinski definition) is 0. The molecule has 9 aliphatic rings. The zero-order valence-electron chi connectivity index (χ0n) is 79.4. The van der Waals surface area contributed by atoms with Crippen LogP contribution in [-0.2, 0) is 82.6 Å². The first-order chi connectivity index (χ1) is 68.1.